The Morgan fingerprint density at radius 1 is 1.07 bits per heavy atom. The summed E-state index contributed by atoms with van der Waals surface area (Å²) < 4.78 is 6.65. The maximum Gasteiger partial charge on any atom is 0.190 e. The van der Waals surface area contributed by atoms with Gasteiger partial charge in [-0.1, -0.05) is 27.3 Å². The molecule has 0 saturated heterocycles. The van der Waals surface area contributed by atoms with E-state index in [1.54, 1.807) is 18.4 Å². The predicted molar refractivity (Wildman–Crippen MR) is 131 cm³/mol. The molecule has 5 nitrogen and oxygen atoms in total. The Labute approximate surface area is 188 Å². The second-order valence-corrected chi connectivity index (χ2v) is 8.82. The zero-order valence-corrected chi connectivity index (χ0v) is 19.8. The van der Waals surface area contributed by atoms with Crippen molar-refractivity contribution >= 4 is 66.1 Å². The molecule has 4 aromatic rings. The van der Waals surface area contributed by atoms with Crippen molar-refractivity contribution in [3.63, 3.8) is 0 Å². The number of aromatic nitrogens is 3. The second kappa shape index (κ2) is 8.70. The fraction of sp³-hybridized carbons (Fsp3) is 0.261. The van der Waals surface area contributed by atoms with Crippen LogP contribution >= 0.6 is 27.3 Å². The molecule has 0 N–H and O–H groups in total. The monoisotopic (exact) mass is 482 g/mol. The molecule has 0 aliphatic carbocycles. The van der Waals surface area contributed by atoms with E-state index in [4.69, 9.17) is 14.7 Å². The van der Waals surface area contributed by atoms with E-state index in [1.807, 2.05) is 18.2 Å². The van der Waals surface area contributed by atoms with Crippen LogP contribution in [0, 0.1) is 0 Å². The summed E-state index contributed by atoms with van der Waals surface area (Å²) in [6.45, 7) is 8.30. The lowest BCUT2D eigenvalue weighted by Crippen LogP contribution is -2.21. The highest BCUT2D eigenvalue weighted by atomic mass is 79.9. The molecule has 0 atom stereocenters. The van der Waals surface area contributed by atoms with Gasteiger partial charge < -0.3 is 9.64 Å². The van der Waals surface area contributed by atoms with Gasteiger partial charge in [-0.2, -0.15) is 0 Å². The van der Waals surface area contributed by atoms with E-state index >= 15 is 0 Å². The fourth-order valence-electron chi connectivity index (χ4n) is 3.42. The van der Waals surface area contributed by atoms with Crippen LogP contribution in [0.3, 0.4) is 0 Å². The van der Waals surface area contributed by atoms with Crippen LogP contribution in [-0.2, 0) is 0 Å². The molecule has 0 spiro atoms. The molecule has 0 saturated carbocycles. The maximum absolute atomic E-state index is 5.67. The standard InChI is InChI=1S/C23H23BrN4OS/c1-5-28(6-2)17-9-7-15(20(13-17)29-4)11-14(3)22-27-21-23(30-22)26-18-10-8-16(24)12-19(18)25-21/h7-13H,5-6H2,1-4H3/b14-11+. The van der Waals surface area contributed by atoms with Gasteiger partial charge in [-0.05, 0) is 62.8 Å². The molecule has 154 valence electrons. The highest BCUT2D eigenvalue weighted by Gasteiger charge is 2.12. The molecule has 0 bridgehead atoms. The first kappa shape index (κ1) is 20.8. The Hall–Kier alpha value is -2.51. The van der Waals surface area contributed by atoms with Gasteiger partial charge in [0.2, 0.25) is 0 Å². The number of hydrogen-bond donors (Lipinski definition) is 0. The van der Waals surface area contributed by atoms with Gasteiger partial charge in [-0.25, -0.2) is 15.0 Å². The van der Waals surface area contributed by atoms with Crippen LogP contribution in [0.15, 0.2) is 40.9 Å². The van der Waals surface area contributed by atoms with Crippen LogP contribution in [0.4, 0.5) is 5.69 Å². The number of rotatable bonds is 6. The lowest BCUT2D eigenvalue weighted by atomic mass is 10.1. The summed E-state index contributed by atoms with van der Waals surface area (Å²) in [5, 5.41) is 0.911. The first-order valence-electron chi connectivity index (χ1n) is 9.87. The highest BCUT2D eigenvalue weighted by molar-refractivity contribution is 9.10. The number of allylic oxidation sites excluding steroid dienone is 1. The zero-order chi connectivity index (χ0) is 21.3. The van der Waals surface area contributed by atoms with Crippen LogP contribution in [0.5, 0.6) is 5.75 Å². The fourth-order valence-corrected chi connectivity index (χ4v) is 4.63. The molecular formula is C23H23BrN4OS. The molecule has 0 amide bonds. The van der Waals surface area contributed by atoms with E-state index in [0.717, 1.165) is 61.0 Å². The SMILES string of the molecule is CCN(CC)c1ccc(/C=C(\C)c2nc3nc4cc(Br)ccc4nc3s2)c(OC)c1. The quantitative estimate of drug-likeness (QED) is 0.317. The summed E-state index contributed by atoms with van der Waals surface area (Å²) in [6.07, 6.45) is 2.11. The minimum atomic E-state index is 0.678. The van der Waals surface area contributed by atoms with Crippen LogP contribution in [0.1, 0.15) is 31.3 Å². The predicted octanol–water partition coefficient (Wildman–Crippen LogP) is 6.42. The third kappa shape index (κ3) is 4.04. The second-order valence-electron chi connectivity index (χ2n) is 6.93. The molecule has 2 aromatic carbocycles. The van der Waals surface area contributed by atoms with Crippen molar-refractivity contribution in [2.45, 2.75) is 20.8 Å². The van der Waals surface area contributed by atoms with E-state index < -0.39 is 0 Å². The van der Waals surface area contributed by atoms with Gasteiger partial charge in [-0.15, -0.1) is 0 Å². The van der Waals surface area contributed by atoms with Crippen LogP contribution in [0.25, 0.3) is 33.2 Å². The summed E-state index contributed by atoms with van der Waals surface area (Å²) in [7, 11) is 1.71. The Bertz CT molecular complexity index is 1250. The van der Waals surface area contributed by atoms with E-state index in [9.17, 15) is 0 Å². The average molecular weight is 483 g/mol. The first-order valence-corrected chi connectivity index (χ1v) is 11.5. The Morgan fingerprint density at radius 2 is 1.87 bits per heavy atom. The number of anilines is 1. The van der Waals surface area contributed by atoms with Gasteiger partial charge in [0.25, 0.3) is 0 Å². The van der Waals surface area contributed by atoms with Crippen molar-refractivity contribution in [2.24, 2.45) is 0 Å². The number of ether oxygens (including phenoxy) is 1. The maximum atomic E-state index is 5.67. The molecule has 30 heavy (non-hydrogen) atoms. The van der Waals surface area contributed by atoms with E-state index in [-0.39, 0.29) is 0 Å². The van der Waals surface area contributed by atoms with E-state index in [1.165, 1.54) is 0 Å². The number of nitrogens with zero attached hydrogens (tertiary/aromatic N) is 4. The summed E-state index contributed by atoms with van der Waals surface area (Å²) >= 11 is 5.05. The zero-order valence-electron chi connectivity index (χ0n) is 17.4. The molecule has 0 aliphatic heterocycles. The summed E-state index contributed by atoms with van der Waals surface area (Å²) in [5.41, 5.74) is 5.63. The minimum Gasteiger partial charge on any atom is -0.496 e. The van der Waals surface area contributed by atoms with Crippen LogP contribution < -0.4 is 9.64 Å². The van der Waals surface area contributed by atoms with Gasteiger partial charge in [0.15, 0.2) is 10.5 Å². The summed E-state index contributed by atoms with van der Waals surface area (Å²) in [5.74, 6) is 0.853. The smallest absolute Gasteiger partial charge is 0.190 e. The summed E-state index contributed by atoms with van der Waals surface area (Å²) in [6, 6.07) is 12.2. The molecule has 2 aromatic heterocycles. The normalized spacial score (nSPS) is 12.0. The van der Waals surface area contributed by atoms with E-state index in [2.05, 4.69) is 70.9 Å². The van der Waals surface area contributed by atoms with Gasteiger partial charge in [0.05, 0.1) is 18.1 Å². The molecule has 2 heterocycles. The Kier molecular flexibility index (Phi) is 6.01. The number of thiazole rings is 1. The number of halogens is 1. The first-order chi connectivity index (χ1) is 14.5. The molecule has 0 unspecified atom stereocenters. The van der Waals surface area contributed by atoms with Gasteiger partial charge in [0, 0.05) is 34.9 Å². The van der Waals surface area contributed by atoms with Crippen molar-refractivity contribution in [3.05, 3.63) is 51.4 Å². The van der Waals surface area contributed by atoms with Gasteiger partial charge >= 0.3 is 0 Å². The molecule has 4 rings (SSSR count). The number of fused-ring (bicyclic) bond motifs is 2. The number of benzene rings is 2. The highest BCUT2D eigenvalue weighted by Crippen LogP contribution is 2.32. The molecule has 7 heteroatoms. The van der Waals surface area contributed by atoms with Crippen LogP contribution in [-0.4, -0.2) is 35.2 Å². The number of methoxy groups -OCH3 is 1. The third-order valence-electron chi connectivity index (χ3n) is 5.03. The van der Waals surface area contributed by atoms with Crippen molar-refractivity contribution in [2.75, 3.05) is 25.1 Å². The van der Waals surface area contributed by atoms with Crippen LogP contribution in [0.2, 0.25) is 0 Å². The minimum absolute atomic E-state index is 0.678. The van der Waals surface area contributed by atoms with Gasteiger partial charge in [0.1, 0.15) is 10.8 Å². The summed E-state index contributed by atoms with van der Waals surface area (Å²) in [4.78, 5) is 17.3. The van der Waals surface area contributed by atoms with Gasteiger partial charge in [-0.3, -0.25) is 0 Å². The molecule has 0 aliphatic rings. The molecule has 0 fully saturated rings. The molecular weight excluding hydrogens is 460 g/mol. The van der Waals surface area contributed by atoms with Crippen molar-refractivity contribution in [1.29, 1.82) is 0 Å². The van der Waals surface area contributed by atoms with Crippen molar-refractivity contribution < 1.29 is 4.74 Å². The lowest BCUT2D eigenvalue weighted by molar-refractivity contribution is 0.414. The van der Waals surface area contributed by atoms with Crippen molar-refractivity contribution in [3.8, 4) is 5.75 Å². The Balaban J connectivity index is 1.72. The lowest BCUT2D eigenvalue weighted by Gasteiger charge is -2.22. The van der Waals surface area contributed by atoms with E-state index in [0.29, 0.717) is 5.65 Å². The average Bonchev–Trinajstić information content (AvgIpc) is 3.16. The largest absolute Gasteiger partial charge is 0.496 e. The van der Waals surface area contributed by atoms with Crippen molar-refractivity contribution in [1.82, 2.24) is 15.0 Å². The third-order valence-corrected chi connectivity index (χ3v) is 6.60. The number of hydrogen-bond acceptors (Lipinski definition) is 6. The Morgan fingerprint density at radius 3 is 2.60 bits per heavy atom. The molecule has 0 radical (unpaired) electrons. The topological polar surface area (TPSA) is 51.1 Å².